The molecule has 0 bridgehead atoms. The average Bonchev–Trinajstić information content (AvgIpc) is 2.98. The molecule has 0 radical (unpaired) electrons. The van der Waals surface area contributed by atoms with Crippen LogP contribution >= 0.6 is 45.2 Å². The Morgan fingerprint density at radius 1 is 0.600 bits per heavy atom. The van der Waals surface area contributed by atoms with Crippen LogP contribution in [0.1, 0.15) is 31.8 Å². The number of methoxy groups -OCH3 is 2. The van der Waals surface area contributed by atoms with Gasteiger partial charge < -0.3 is 19.3 Å². The van der Waals surface area contributed by atoms with Crippen molar-refractivity contribution in [3.05, 3.63) is 126 Å². The second-order valence-electron chi connectivity index (χ2n) is 9.12. The zero-order valence-electron chi connectivity index (χ0n) is 22.3. The van der Waals surface area contributed by atoms with Crippen LogP contribution < -0.4 is 9.47 Å². The largest absolute Gasteiger partial charge is 0.496 e. The van der Waals surface area contributed by atoms with Gasteiger partial charge in [0.2, 0.25) is 0 Å². The molecule has 8 heteroatoms. The van der Waals surface area contributed by atoms with E-state index in [0.29, 0.717) is 37.3 Å². The number of nitrogens with zero attached hydrogens (tertiary/aromatic N) is 2. The number of carbonyl (C=O) groups excluding carboxylic acids is 2. The van der Waals surface area contributed by atoms with E-state index in [2.05, 4.69) is 45.2 Å². The van der Waals surface area contributed by atoms with E-state index < -0.39 is 0 Å². The van der Waals surface area contributed by atoms with Gasteiger partial charge in [-0.15, -0.1) is 0 Å². The van der Waals surface area contributed by atoms with Gasteiger partial charge in [-0.25, -0.2) is 0 Å². The minimum Gasteiger partial charge on any atom is -0.496 e. The summed E-state index contributed by atoms with van der Waals surface area (Å²) in [5, 5.41) is 0. The third kappa shape index (κ3) is 7.75. The van der Waals surface area contributed by atoms with E-state index in [9.17, 15) is 9.59 Å². The van der Waals surface area contributed by atoms with Crippen LogP contribution in [-0.4, -0.2) is 48.9 Å². The highest BCUT2D eigenvalue weighted by Crippen LogP contribution is 2.24. The number of amides is 2. The van der Waals surface area contributed by atoms with Crippen LogP contribution in [0, 0.1) is 7.14 Å². The molecule has 0 spiro atoms. The second-order valence-corrected chi connectivity index (χ2v) is 11.4. The van der Waals surface area contributed by atoms with E-state index in [-0.39, 0.29) is 11.8 Å². The quantitative estimate of drug-likeness (QED) is 0.156. The van der Waals surface area contributed by atoms with E-state index in [0.717, 1.165) is 29.8 Å². The highest BCUT2D eigenvalue weighted by molar-refractivity contribution is 14.1. The van der Waals surface area contributed by atoms with E-state index >= 15 is 0 Å². The zero-order chi connectivity index (χ0) is 28.5. The molecule has 0 fully saturated rings. The van der Waals surface area contributed by atoms with Crippen LogP contribution in [-0.2, 0) is 13.1 Å². The summed E-state index contributed by atoms with van der Waals surface area (Å²) in [4.78, 5) is 31.2. The van der Waals surface area contributed by atoms with Gasteiger partial charge >= 0.3 is 0 Å². The first kappa shape index (κ1) is 29.9. The minimum atomic E-state index is -0.101. The van der Waals surface area contributed by atoms with Gasteiger partial charge in [-0.3, -0.25) is 9.59 Å². The molecule has 2 amide bonds. The molecule has 40 heavy (non-hydrogen) atoms. The van der Waals surface area contributed by atoms with Crippen molar-refractivity contribution in [3.63, 3.8) is 0 Å². The van der Waals surface area contributed by atoms with Gasteiger partial charge in [-0.05, 0) is 92.7 Å². The Morgan fingerprint density at radius 2 is 0.975 bits per heavy atom. The normalized spacial score (nSPS) is 10.6. The van der Waals surface area contributed by atoms with Crippen LogP contribution in [0.2, 0.25) is 0 Å². The standard InChI is InChI=1S/C32H30I2N2O4/c1-39-29-15-13-25(19-27(29)33)31(37)35(21-23-9-5-3-6-10-23)17-18-36(22-24-11-7-4-8-12-24)32(38)26-14-16-30(40-2)28(34)20-26/h3-16,19-20H,17-18,21-22H2,1-2H3. The highest BCUT2D eigenvalue weighted by Gasteiger charge is 2.22. The molecule has 206 valence electrons. The lowest BCUT2D eigenvalue weighted by Gasteiger charge is -2.29. The molecule has 0 aliphatic heterocycles. The van der Waals surface area contributed by atoms with Gasteiger partial charge in [0.25, 0.3) is 11.8 Å². The molecular formula is C32H30I2N2O4. The molecule has 4 rings (SSSR count). The van der Waals surface area contributed by atoms with Gasteiger partial charge in [0, 0.05) is 37.3 Å². The Bertz CT molecular complexity index is 1340. The number of benzene rings is 4. The molecule has 0 N–H and O–H groups in total. The van der Waals surface area contributed by atoms with Crippen LogP contribution in [0.5, 0.6) is 11.5 Å². The maximum atomic E-state index is 13.8. The van der Waals surface area contributed by atoms with Crippen molar-refractivity contribution in [3.8, 4) is 11.5 Å². The Labute approximate surface area is 262 Å². The molecule has 0 aromatic heterocycles. The first-order valence-corrected chi connectivity index (χ1v) is 14.9. The molecule has 0 saturated carbocycles. The van der Waals surface area contributed by atoms with Crippen molar-refractivity contribution in [2.24, 2.45) is 0 Å². The smallest absolute Gasteiger partial charge is 0.254 e. The van der Waals surface area contributed by atoms with Crippen LogP contribution in [0.3, 0.4) is 0 Å². The van der Waals surface area contributed by atoms with Gasteiger partial charge in [-0.1, -0.05) is 60.7 Å². The molecule has 0 heterocycles. The Morgan fingerprint density at radius 3 is 1.30 bits per heavy atom. The zero-order valence-corrected chi connectivity index (χ0v) is 26.7. The molecule has 0 aliphatic rings. The minimum absolute atomic E-state index is 0.101. The lowest BCUT2D eigenvalue weighted by molar-refractivity contribution is 0.0644. The summed E-state index contributed by atoms with van der Waals surface area (Å²) in [6.45, 7) is 1.58. The molecule has 4 aromatic rings. The molecule has 6 nitrogen and oxygen atoms in total. The molecule has 0 aliphatic carbocycles. The fourth-order valence-corrected chi connectivity index (χ4v) is 5.79. The summed E-state index contributed by atoms with van der Waals surface area (Å²) in [5.74, 6) is 1.24. The maximum absolute atomic E-state index is 13.8. The van der Waals surface area contributed by atoms with Crippen molar-refractivity contribution in [1.29, 1.82) is 0 Å². The molecular weight excluding hydrogens is 730 g/mol. The van der Waals surface area contributed by atoms with Crippen LogP contribution in [0.4, 0.5) is 0 Å². The SMILES string of the molecule is COc1ccc(C(=O)N(CCN(Cc2ccccc2)C(=O)c2ccc(OC)c(I)c2)Cc2ccccc2)cc1I. The van der Waals surface area contributed by atoms with E-state index in [1.807, 2.05) is 84.9 Å². The number of carbonyl (C=O) groups is 2. The van der Waals surface area contributed by atoms with Gasteiger partial charge in [0.1, 0.15) is 11.5 Å². The van der Waals surface area contributed by atoms with E-state index in [1.54, 1.807) is 36.2 Å². The number of ether oxygens (including phenoxy) is 2. The molecule has 0 atom stereocenters. The lowest BCUT2D eigenvalue weighted by atomic mass is 10.1. The monoisotopic (exact) mass is 760 g/mol. The summed E-state index contributed by atoms with van der Waals surface area (Å²) in [5.41, 5.74) is 3.19. The summed E-state index contributed by atoms with van der Waals surface area (Å²) in [6.07, 6.45) is 0. The number of halogens is 2. The van der Waals surface area contributed by atoms with Crippen molar-refractivity contribution in [2.45, 2.75) is 13.1 Å². The van der Waals surface area contributed by atoms with Gasteiger partial charge in [0.05, 0.1) is 21.4 Å². The Balaban J connectivity index is 1.62. The first-order valence-electron chi connectivity index (χ1n) is 12.7. The predicted octanol–water partition coefficient (Wildman–Crippen LogP) is 6.90. The van der Waals surface area contributed by atoms with Crippen molar-refractivity contribution in [2.75, 3.05) is 27.3 Å². The third-order valence-electron chi connectivity index (χ3n) is 6.44. The van der Waals surface area contributed by atoms with Gasteiger partial charge in [-0.2, -0.15) is 0 Å². The summed E-state index contributed by atoms with van der Waals surface area (Å²) < 4.78 is 12.5. The average molecular weight is 760 g/mol. The van der Waals surface area contributed by atoms with E-state index in [4.69, 9.17) is 9.47 Å². The fourth-order valence-electron chi connectivity index (χ4n) is 4.32. The number of hydrogen-bond donors (Lipinski definition) is 0. The Kier molecular flexibility index (Phi) is 10.8. The van der Waals surface area contributed by atoms with Crippen molar-refractivity contribution >= 4 is 57.0 Å². The predicted molar refractivity (Wildman–Crippen MR) is 174 cm³/mol. The topological polar surface area (TPSA) is 59.1 Å². The molecule has 0 unspecified atom stereocenters. The number of hydrogen-bond acceptors (Lipinski definition) is 4. The maximum Gasteiger partial charge on any atom is 0.254 e. The fraction of sp³-hybridized carbons (Fsp3) is 0.188. The summed E-state index contributed by atoms with van der Waals surface area (Å²) >= 11 is 4.35. The molecule has 4 aromatic carbocycles. The molecule has 0 saturated heterocycles. The highest BCUT2D eigenvalue weighted by atomic mass is 127. The first-order chi connectivity index (χ1) is 19.4. The lowest BCUT2D eigenvalue weighted by Crippen LogP contribution is -2.40. The van der Waals surface area contributed by atoms with E-state index in [1.165, 1.54) is 0 Å². The Hall–Kier alpha value is -3.12. The number of rotatable bonds is 11. The van der Waals surface area contributed by atoms with Crippen LogP contribution in [0.15, 0.2) is 97.1 Å². The second kappa shape index (κ2) is 14.5. The van der Waals surface area contributed by atoms with Crippen molar-refractivity contribution in [1.82, 2.24) is 9.80 Å². The summed E-state index contributed by atoms with van der Waals surface area (Å²) in [6, 6.07) is 30.7. The van der Waals surface area contributed by atoms with Crippen molar-refractivity contribution < 1.29 is 19.1 Å². The summed E-state index contributed by atoms with van der Waals surface area (Å²) in [7, 11) is 3.23. The van der Waals surface area contributed by atoms with Crippen LogP contribution in [0.25, 0.3) is 0 Å². The van der Waals surface area contributed by atoms with Gasteiger partial charge in [0.15, 0.2) is 0 Å². The third-order valence-corrected chi connectivity index (χ3v) is 8.13.